The molecule has 24 heavy (non-hydrogen) atoms. The van der Waals surface area contributed by atoms with E-state index in [1.807, 2.05) is 0 Å². The van der Waals surface area contributed by atoms with Crippen molar-refractivity contribution in [2.24, 2.45) is 0 Å². The van der Waals surface area contributed by atoms with E-state index in [0.29, 0.717) is 17.8 Å². The SMILES string of the molecule is COC(=O)c1ccc(S(=O)(=O)Nc2ccc3c(c2)B(O)OC3)cc1. The molecule has 9 heteroatoms. The summed E-state index contributed by atoms with van der Waals surface area (Å²) in [4.78, 5) is 11.4. The average molecular weight is 347 g/mol. The molecule has 2 N–H and O–H groups in total. The van der Waals surface area contributed by atoms with Gasteiger partial charge in [0.15, 0.2) is 0 Å². The molecule has 0 atom stereocenters. The molecule has 0 bridgehead atoms. The largest absolute Gasteiger partial charge is 0.491 e. The van der Waals surface area contributed by atoms with Gasteiger partial charge in [-0.05, 0) is 47.4 Å². The van der Waals surface area contributed by atoms with Crippen LogP contribution in [0.4, 0.5) is 5.69 Å². The van der Waals surface area contributed by atoms with Crippen molar-refractivity contribution < 1.29 is 27.6 Å². The van der Waals surface area contributed by atoms with Crippen LogP contribution in [-0.2, 0) is 26.0 Å². The van der Waals surface area contributed by atoms with Crippen LogP contribution in [0.25, 0.3) is 0 Å². The minimum Gasteiger partial charge on any atom is -0.465 e. The summed E-state index contributed by atoms with van der Waals surface area (Å²) in [7, 11) is -3.62. The highest BCUT2D eigenvalue weighted by atomic mass is 32.2. The molecule has 0 spiro atoms. The van der Waals surface area contributed by atoms with Gasteiger partial charge in [0.05, 0.1) is 24.2 Å². The number of carbonyl (C=O) groups excluding carboxylic acids is 1. The lowest BCUT2D eigenvalue weighted by atomic mass is 9.79. The summed E-state index contributed by atoms with van der Waals surface area (Å²) in [6.07, 6.45) is 0. The van der Waals surface area contributed by atoms with E-state index in [0.717, 1.165) is 5.56 Å². The molecule has 124 valence electrons. The van der Waals surface area contributed by atoms with Crippen molar-refractivity contribution in [1.82, 2.24) is 0 Å². The first-order chi connectivity index (χ1) is 11.4. The zero-order chi connectivity index (χ0) is 17.3. The van der Waals surface area contributed by atoms with Gasteiger partial charge in [-0.15, -0.1) is 0 Å². The number of methoxy groups -OCH3 is 1. The Bertz CT molecular complexity index is 881. The number of benzene rings is 2. The van der Waals surface area contributed by atoms with E-state index in [2.05, 4.69) is 9.46 Å². The van der Waals surface area contributed by atoms with Gasteiger partial charge in [-0.3, -0.25) is 4.72 Å². The van der Waals surface area contributed by atoms with E-state index in [9.17, 15) is 18.2 Å². The number of carbonyl (C=O) groups is 1. The fraction of sp³-hybridized carbons (Fsp3) is 0.133. The number of rotatable bonds is 4. The van der Waals surface area contributed by atoms with E-state index >= 15 is 0 Å². The van der Waals surface area contributed by atoms with Crippen molar-refractivity contribution >= 4 is 34.3 Å². The van der Waals surface area contributed by atoms with Crippen LogP contribution in [0, 0.1) is 0 Å². The predicted octanol–water partition coefficient (Wildman–Crippen LogP) is 0.492. The lowest BCUT2D eigenvalue weighted by Crippen LogP contribution is -2.28. The van der Waals surface area contributed by atoms with Crippen LogP contribution in [0.3, 0.4) is 0 Å². The highest BCUT2D eigenvalue weighted by Crippen LogP contribution is 2.19. The normalized spacial score (nSPS) is 13.5. The number of ether oxygens (including phenoxy) is 1. The van der Waals surface area contributed by atoms with Crippen LogP contribution in [-0.4, -0.2) is 33.6 Å². The minimum absolute atomic E-state index is 0.00690. The molecule has 0 saturated carbocycles. The molecule has 0 fully saturated rings. The smallest absolute Gasteiger partial charge is 0.465 e. The molecule has 2 aromatic rings. The summed E-state index contributed by atoms with van der Waals surface area (Å²) in [6.45, 7) is 0.290. The second-order valence-corrected chi connectivity index (χ2v) is 6.88. The van der Waals surface area contributed by atoms with Gasteiger partial charge < -0.3 is 14.4 Å². The molecule has 0 saturated heterocycles. The predicted molar refractivity (Wildman–Crippen MR) is 87.4 cm³/mol. The van der Waals surface area contributed by atoms with E-state index in [4.69, 9.17) is 4.65 Å². The number of nitrogens with one attached hydrogen (secondary N) is 1. The minimum atomic E-state index is -3.82. The maximum Gasteiger partial charge on any atom is 0.491 e. The Morgan fingerprint density at radius 3 is 2.62 bits per heavy atom. The molecule has 3 rings (SSSR count). The topological polar surface area (TPSA) is 102 Å². The molecule has 1 aliphatic rings. The van der Waals surface area contributed by atoms with Crippen molar-refractivity contribution in [3.05, 3.63) is 53.6 Å². The summed E-state index contributed by atoms with van der Waals surface area (Å²) < 4.78 is 36.9. The maximum atomic E-state index is 12.4. The monoisotopic (exact) mass is 347 g/mol. The van der Waals surface area contributed by atoms with Crippen LogP contribution in [0.1, 0.15) is 15.9 Å². The van der Waals surface area contributed by atoms with Gasteiger partial charge in [-0.25, -0.2) is 13.2 Å². The molecule has 0 amide bonds. The standard InChI is InChI=1S/C15H14BNO6S/c1-22-15(18)10-3-6-13(7-4-10)24(20,21)17-12-5-2-11-9-23-16(19)14(11)8-12/h2-8,17,19H,9H2,1H3. The first kappa shape index (κ1) is 16.5. The molecule has 0 radical (unpaired) electrons. The zero-order valence-corrected chi connectivity index (χ0v) is 13.5. The average Bonchev–Trinajstić information content (AvgIpc) is 2.95. The van der Waals surface area contributed by atoms with E-state index < -0.39 is 23.1 Å². The second-order valence-electron chi connectivity index (χ2n) is 5.20. The Morgan fingerprint density at radius 2 is 1.96 bits per heavy atom. The van der Waals surface area contributed by atoms with Gasteiger partial charge in [-0.1, -0.05) is 6.07 Å². The third-order valence-electron chi connectivity index (χ3n) is 3.65. The molecule has 0 unspecified atom stereocenters. The van der Waals surface area contributed by atoms with E-state index in [1.54, 1.807) is 12.1 Å². The number of hydrogen-bond donors (Lipinski definition) is 2. The summed E-state index contributed by atoms with van der Waals surface area (Å²) >= 11 is 0. The van der Waals surface area contributed by atoms with Crippen LogP contribution in [0.2, 0.25) is 0 Å². The van der Waals surface area contributed by atoms with Crippen LogP contribution in [0.5, 0.6) is 0 Å². The molecule has 1 heterocycles. The maximum absolute atomic E-state index is 12.4. The summed E-state index contributed by atoms with van der Waals surface area (Å²) in [5.41, 5.74) is 1.92. The number of hydrogen-bond acceptors (Lipinski definition) is 6. The molecule has 2 aromatic carbocycles. The molecule has 0 aromatic heterocycles. The first-order valence-electron chi connectivity index (χ1n) is 7.04. The van der Waals surface area contributed by atoms with Gasteiger partial charge in [0, 0.05) is 5.69 Å². The summed E-state index contributed by atoms with van der Waals surface area (Å²) in [6, 6.07) is 10.2. The Balaban J connectivity index is 1.84. The fourth-order valence-corrected chi connectivity index (χ4v) is 3.43. The van der Waals surface area contributed by atoms with Gasteiger partial charge in [0.1, 0.15) is 0 Å². The van der Waals surface area contributed by atoms with Crippen molar-refractivity contribution in [2.45, 2.75) is 11.5 Å². The lowest BCUT2D eigenvalue weighted by molar-refractivity contribution is 0.0600. The van der Waals surface area contributed by atoms with Gasteiger partial charge >= 0.3 is 13.1 Å². The lowest BCUT2D eigenvalue weighted by Gasteiger charge is -2.10. The number of esters is 1. The summed E-state index contributed by atoms with van der Waals surface area (Å²) in [5.74, 6) is -0.542. The highest BCUT2D eigenvalue weighted by molar-refractivity contribution is 7.92. The number of sulfonamides is 1. The van der Waals surface area contributed by atoms with Crippen molar-refractivity contribution in [3.8, 4) is 0 Å². The van der Waals surface area contributed by atoms with Crippen LogP contribution >= 0.6 is 0 Å². The quantitative estimate of drug-likeness (QED) is 0.617. The Labute approximate surface area is 139 Å². The van der Waals surface area contributed by atoms with Crippen molar-refractivity contribution in [2.75, 3.05) is 11.8 Å². The van der Waals surface area contributed by atoms with Crippen LogP contribution in [0.15, 0.2) is 47.4 Å². The van der Waals surface area contributed by atoms with E-state index in [1.165, 1.54) is 37.4 Å². The molecular formula is C15H14BNO6S. The molecule has 0 aliphatic carbocycles. The zero-order valence-electron chi connectivity index (χ0n) is 12.7. The second kappa shape index (κ2) is 6.27. The highest BCUT2D eigenvalue weighted by Gasteiger charge is 2.27. The summed E-state index contributed by atoms with van der Waals surface area (Å²) in [5, 5.41) is 9.68. The van der Waals surface area contributed by atoms with Crippen LogP contribution < -0.4 is 10.2 Å². The third-order valence-corrected chi connectivity index (χ3v) is 5.04. The Morgan fingerprint density at radius 1 is 1.25 bits per heavy atom. The van der Waals surface area contributed by atoms with Gasteiger partial charge in [-0.2, -0.15) is 0 Å². The van der Waals surface area contributed by atoms with Crippen molar-refractivity contribution in [1.29, 1.82) is 0 Å². The Kier molecular flexibility index (Phi) is 4.31. The number of anilines is 1. The first-order valence-corrected chi connectivity index (χ1v) is 8.53. The molecular weight excluding hydrogens is 333 g/mol. The Hall–Kier alpha value is -2.36. The van der Waals surface area contributed by atoms with Crippen molar-refractivity contribution in [3.63, 3.8) is 0 Å². The third kappa shape index (κ3) is 3.14. The van der Waals surface area contributed by atoms with Gasteiger partial charge in [0.2, 0.25) is 0 Å². The van der Waals surface area contributed by atoms with Gasteiger partial charge in [0.25, 0.3) is 10.0 Å². The fourth-order valence-electron chi connectivity index (χ4n) is 2.38. The van der Waals surface area contributed by atoms with E-state index in [-0.39, 0.29) is 10.5 Å². The number of fused-ring (bicyclic) bond motifs is 1. The molecule has 7 nitrogen and oxygen atoms in total. The molecule has 1 aliphatic heterocycles.